The molecule has 5 nitrogen and oxygen atoms in total. The molecule has 0 aliphatic heterocycles. The van der Waals surface area contributed by atoms with Gasteiger partial charge >= 0.3 is 0 Å². The molecule has 126 valence electrons. The van der Waals surface area contributed by atoms with Crippen molar-refractivity contribution in [3.63, 3.8) is 0 Å². The summed E-state index contributed by atoms with van der Waals surface area (Å²) in [5.41, 5.74) is 0. The highest BCUT2D eigenvalue weighted by molar-refractivity contribution is 14.0. The molecule has 0 aliphatic rings. The van der Waals surface area contributed by atoms with Gasteiger partial charge in [-0.1, -0.05) is 13.0 Å². The van der Waals surface area contributed by atoms with Crippen molar-refractivity contribution in [2.45, 2.75) is 46.1 Å². The van der Waals surface area contributed by atoms with Crippen LogP contribution < -0.4 is 16.0 Å². The Morgan fingerprint density at radius 2 is 2.09 bits per heavy atom. The second-order valence-electron chi connectivity index (χ2n) is 5.06. The van der Waals surface area contributed by atoms with Gasteiger partial charge in [0.1, 0.15) is 5.82 Å². The molecule has 22 heavy (non-hydrogen) atoms. The van der Waals surface area contributed by atoms with Crippen LogP contribution in [0.4, 0.5) is 5.82 Å². The van der Waals surface area contributed by atoms with Crippen LogP contribution >= 0.6 is 24.0 Å². The number of halogens is 1. The van der Waals surface area contributed by atoms with Gasteiger partial charge in [0.25, 0.3) is 0 Å². The van der Waals surface area contributed by atoms with E-state index in [-0.39, 0.29) is 24.0 Å². The van der Waals surface area contributed by atoms with Crippen LogP contribution in [0.1, 0.15) is 40.0 Å². The van der Waals surface area contributed by atoms with Crippen LogP contribution in [0.3, 0.4) is 0 Å². The van der Waals surface area contributed by atoms with E-state index in [2.05, 4.69) is 46.7 Å². The second kappa shape index (κ2) is 13.6. The van der Waals surface area contributed by atoms with E-state index in [0.29, 0.717) is 6.04 Å². The quantitative estimate of drug-likeness (QED) is 0.249. The highest BCUT2D eigenvalue weighted by Crippen LogP contribution is 2.00. The Morgan fingerprint density at radius 3 is 2.73 bits per heavy atom. The molecule has 0 aromatic carbocycles. The molecule has 0 aliphatic carbocycles. The fourth-order valence-corrected chi connectivity index (χ4v) is 1.77. The highest BCUT2D eigenvalue weighted by atomic mass is 127. The SMILES string of the molecule is CCNC(=NCCCCNc1ccccn1)NC(C)CC.I. The van der Waals surface area contributed by atoms with Gasteiger partial charge in [0.15, 0.2) is 5.96 Å². The van der Waals surface area contributed by atoms with E-state index in [1.54, 1.807) is 6.20 Å². The molecule has 3 N–H and O–H groups in total. The first-order chi connectivity index (χ1) is 10.3. The van der Waals surface area contributed by atoms with Crippen LogP contribution in [-0.4, -0.2) is 36.6 Å². The fourth-order valence-electron chi connectivity index (χ4n) is 1.77. The predicted molar refractivity (Wildman–Crippen MR) is 106 cm³/mol. The zero-order valence-electron chi connectivity index (χ0n) is 13.9. The highest BCUT2D eigenvalue weighted by Gasteiger charge is 2.01. The number of anilines is 1. The summed E-state index contributed by atoms with van der Waals surface area (Å²) in [4.78, 5) is 8.83. The van der Waals surface area contributed by atoms with E-state index in [1.165, 1.54) is 0 Å². The van der Waals surface area contributed by atoms with Crippen molar-refractivity contribution in [2.24, 2.45) is 4.99 Å². The summed E-state index contributed by atoms with van der Waals surface area (Å²) in [6.07, 6.45) is 5.05. The maximum atomic E-state index is 4.60. The van der Waals surface area contributed by atoms with Crippen molar-refractivity contribution in [3.05, 3.63) is 24.4 Å². The van der Waals surface area contributed by atoms with Gasteiger partial charge in [0.2, 0.25) is 0 Å². The monoisotopic (exact) mass is 419 g/mol. The van der Waals surface area contributed by atoms with E-state index in [0.717, 1.165) is 50.7 Å². The average molecular weight is 419 g/mol. The molecule has 1 aromatic heterocycles. The maximum Gasteiger partial charge on any atom is 0.191 e. The van der Waals surface area contributed by atoms with Crippen LogP contribution in [0.15, 0.2) is 29.4 Å². The van der Waals surface area contributed by atoms with Crippen molar-refractivity contribution in [1.29, 1.82) is 0 Å². The fraction of sp³-hybridized carbons (Fsp3) is 0.625. The van der Waals surface area contributed by atoms with Crippen molar-refractivity contribution in [2.75, 3.05) is 25.0 Å². The standard InChI is InChI=1S/C16H29N5.HI/c1-4-14(3)21-16(17-5-2)20-13-9-8-12-19-15-10-6-7-11-18-15;/h6-7,10-11,14H,4-5,8-9,12-13H2,1-3H3,(H,18,19)(H2,17,20,21);1H. The van der Waals surface area contributed by atoms with Gasteiger partial charge in [0, 0.05) is 31.9 Å². The summed E-state index contributed by atoms with van der Waals surface area (Å²) in [5.74, 6) is 1.86. The van der Waals surface area contributed by atoms with E-state index >= 15 is 0 Å². The molecule has 1 aromatic rings. The topological polar surface area (TPSA) is 61.3 Å². The Hall–Kier alpha value is -1.05. The number of hydrogen-bond donors (Lipinski definition) is 3. The number of pyridine rings is 1. The normalized spacial score (nSPS) is 12.2. The van der Waals surface area contributed by atoms with Crippen LogP contribution in [-0.2, 0) is 0 Å². The number of hydrogen-bond acceptors (Lipinski definition) is 3. The summed E-state index contributed by atoms with van der Waals surface area (Å²) in [6, 6.07) is 6.35. The summed E-state index contributed by atoms with van der Waals surface area (Å²) in [6.45, 7) is 9.10. The summed E-state index contributed by atoms with van der Waals surface area (Å²) in [7, 11) is 0. The van der Waals surface area contributed by atoms with Crippen LogP contribution in [0.25, 0.3) is 0 Å². The number of rotatable bonds is 9. The van der Waals surface area contributed by atoms with Gasteiger partial charge in [-0.05, 0) is 45.2 Å². The molecule has 1 heterocycles. The van der Waals surface area contributed by atoms with E-state index in [9.17, 15) is 0 Å². The van der Waals surface area contributed by atoms with Gasteiger partial charge in [0.05, 0.1) is 0 Å². The van der Waals surface area contributed by atoms with E-state index in [1.807, 2.05) is 18.2 Å². The molecule has 0 bridgehead atoms. The zero-order valence-corrected chi connectivity index (χ0v) is 16.3. The minimum Gasteiger partial charge on any atom is -0.370 e. The molecule has 1 rings (SSSR count). The van der Waals surface area contributed by atoms with Gasteiger partial charge in [-0.3, -0.25) is 4.99 Å². The Bertz CT molecular complexity index is 397. The number of unbranched alkanes of at least 4 members (excludes halogenated alkanes) is 1. The number of guanidine groups is 1. The zero-order chi connectivity index (χ0) is 15.3. The molecule has 1 unspecified atom stereocenters. The molecule has 0 spiro atoms. The molecule has 0 saturated heterocycles. The summed E-state index contributed by atoms with van der Waals surface area (Å²) >= 11 is 0. The van der Waals surface area contributed by atoms with E-state index in [4.69, 9.17) is 0 Å². The lowest BCUT2D eigenvalue weighted by Gasteiger charge is -2.16. The first kappa shape index (κ1) is 20.9. The largest absolute Gasteiger partial charge is 0.370 e. The second-order valence-corrected chi connectivity index (χ2v) is 5.06. The van der Waals surface area contributed by atoms with Gasteiger partial charge < -0.3 is 16.0 Å². The number of nitrogens with one attached hydrogen (secondary N) is 3. The summed E-state index contributed by atoms with van der Waals surface area (Å²) < 4.78 is 0. The minimum atomic E-state index is 0. The predicted octanol–water partition coefficient (Wildman–Crippen LogP) is 3.25. The van der Waals surface area contributed by atoms with Crippen molar-refractivity contribution < 1.29 is 0 Å². The molecular weight excluding hydrogens is 389 g/mol. The molecule has 6 heteroatoms. The molecule has 0 saturated carbocycles. The third kappa shape index (κ3) is 9.81. The first-order valence-electron chi connectivity index (χ1n) is 7.96. The van der Waals surface area contributed by atoms with Crippen LogP contribution in [0.2, 0.25) is 0 Å². The Kier molecular flexibility index (Phi) is 13.0. The first-order valence-corrected chi connectivity index (χ1v) is 7.96. The van der Waals surface area contributed by atoms with Crippen molar-refractivity contribution >= 4 is 35.8 Å². The molecule has 1 atom stereocenters. The number of nitrogens with zero attached hydrogens (tertiary/aromatic N) is 2. The lowest BCUT2D eigenvalue weighted by Crippen LogP contribution is -2.42. The third-order valence-corrected chi connectivity index (χ3v) is 3.17. The maximum absolute atomic E-state index is 4.60. The third-order valence-electron chi connectivity index (χ3n) is 3.17. The summed E-state index contributed by atoms with van der Waals surface area (Å²) in [5, 5.41) is 9.98. The molecular formula is C16H30IN5. The van der Waals surface area contributed by atoms with Crippen LogP contribution in [0.5, 0.6) is 0 Å². The Morgan fingerprint density at radius 1 is 1.27 bits per heavy atom. The Balaban J connectivity index is 0.00000441. The van der Waals surface area contributed by atoms with Gasteiger partial charge in [-0.15, -0.1) is 24.0 Å². The number of aliphatic imine (C=N–C) groups is 1. The molecule has 0 fully saturated rings. The lowest BCUT2D eigenvalue weighted by atomic mass is 10.3. The van der Waals surface area contributed by atoms with Crippen molar-refractivity contribution in [3.8, 4) is 0 Å². The molecule has 0 amide bonds. The van der Waals surface area contributed by atoms with Crippen LogP contribution in [0, 0.1) is 0 Å². The average Bonchev–Trinajstić information content (AvgIpc) is 2.51. The number of aromatic nitrogens is 1. The van der Waals surface area contributed by atoms with Crippen molar-refractivity contribution in [1.82, 2.24) is 15.6 Å². The van der Waals surface area contributed by atoms with Gasteiger partial charge in [-0.2, -0.15) is 0 Å². The lowest BCUT2D eigenvalue weighted by molar-refractivity contribution is 0.623. The minimum absolute atomic E-state index is 0. The smallest absolute Gasteiger partial charge is 0.191 e. The molecule has 0 radical (unpaired) electrons. The van der Waals surface area contributed by atoms with Gasteiger partial charge in [-0.25, -0.2) is 4.98 Å². The Labute approximate surface area is 151 Å². The van der Waals surface area contributed by atoms with E-state index < -0.39 is 0 Å².